The molecule has 0 radical (unpaired) electrons. The second-order valence-corrected chi connectivity index (χ2v) is 4.71. The van der Waals surface area contributed by atoms with Gasteiger partial charge in [-0.05, 0) is 30.5 Å². The molecule has 0 spiro atoms. The average molecular weight is 268 g/mol. The van der Waals surface area contributed by atoms with E-state index in [1.165, 1.54) is 5.56 Å². The number of carbonyl (C=O) groups is 1. The Labute approximate surface area is 98.2 Å². The summed E-state index contributed by atoms with van der Waals surface area (Å²) in [4.78, 5) is 11.9. The normalized spacial score (nSPS) is 15.5. The van der Waals surface area contributed by atoms with Crippen LogP contribution in [0.5, 0.6) is 0 Å². The van der Waals surface area contributed by atoms with Crippen molar-refractivity contribution in [2.45, 2.75) is 26.2 Å². The maximum atomic E-state index is 11.9. The van der Waals surface area contributed by atoms with Crippen molar-refractivity contribution in [1.82, 2.24) is 0 Å². The maximum Gasteiger partial charge on any atom is 0.165 e. The molecule has 0 bridgehead atoms. The lowest BCUT2D eigenvalue weighted by molar-refractivity contribution is 0.0983. The van der Waals surface area contributed by atoms with Crippen LogP contribution < -0.4 is 5.32 Å². The van der Waals surface area contributed by atoms with Gasteiger partial charge in [0.1, 0.15) is 0 Å². The zero-order valence-electron chi connectivity index (χ0n) is 8.77. The molecule has 0 atom stereocenters. The van der Waals surface area contributed by atoms with Gasteiger partial charge in [0.05, 0.1) is 0 Å². The zero-order chi connectivity index (χ0) is 10.8. The first kappa shape index (κ1) is 10.7. The van der Waals surface area contributed by atoms with Gasteiger partial charge in [-0.1, -0.05) is 22.9 Å². The van der Waals surface area contributed by atoms with Gasteiger partial charge in [-0.25, -0.2) is 0 Å². The number of carbonyl (C=O) groups excluding carboxylic acids is 1. The summed E-state index contributed by atoms with van der Waals surface area (Å²) in [5.74, 6) is 0.256. The highest BCUT2D eigenvalue weighted by Gasteiger charge is 2.18. The zero-order valence-corrected chi connectivity index (χ0v) is 10.4. The number of anilines is 1. The van der Waals surface area contributed by atoms with Crippen LogP contribution in [0.15, 0.2) is 16.6 Å². The quantitative estimate of drug-likeness (QED) is 0.845. The number of rotatable bonds is 1. The number of hydrogen-bond donors (Lipinski definition) is 1. The highest BCUT2D eigenvalue weighted by molar-refractivity contribution is 9.10. The molecule has 0 aliphatic carbocycles. The van der Waals surface area contributed by atoms with Gasteiger partial charge < -0.3 is 5.32 Å². The fourth-order valence-corrected chi connectivity index (χ4v) is 2.47. The third kappa shape index (κ3) is 2.07. The summed E-state index contributed by atoms with van der Waals surface area (Å²) in [6.45, 7) is 3.01. The summed E-state index contributed by atoms with van der Waals surface area (Å²) >= 11 is 3.46. The third-order valence-corrected chi connectivity index (χ3v) is 3.21. The fraction of sp³-hybridized carbons (Fsp3) is 0.417. The topological polar surface area (TPSA) is 29.1 Å². The molecular weight excluding hydrogens is 254 g/mol. The maximum absolute atomic E-state index is 11.9. The smallest absolute Gasteiger partial charge is 0.165 e. The molecule has 1 heterocycles. The standard InChI is InChI=1S/C12H14BrNO/c1-2-8-6-9(13)7-10-11(15)4-3-5-14-12(8)10/h6-7,14H,2-5H2,1H3. The van der Waals surface area contributed by atoms with E-state index in [4.69, 9.17) is 0 Å². The second-order valence-electron chi connectivity index (χ2n) is 3.79. The Morgan fingerprint density at radius 3 is 3.00 bits per heavy atom. The van der Waals surface area contributed by atoms with Gasteiger partial charge in [0.25, 0.3) is 0 Å². The van der Waals surface area contributed by atoms with Crippen molar-refractivity contribution in [3.63, 3.8) is 0 Å². The van der Waals surface area contributed by atoms with E-state index < -0.39 is 0 Å². The first-order valence-electron chi connectivity index (χ1n) is 5.32. The van der Waals surface area contributed by atoms with Crippen LogP contribution in [0.4, 0.5) is 5.69 Å². The van der Waals surface area contributed by atoms with E-state index >= 15 is 0 Å². The SMILES string of the molecule is CCc1cc(Br)cc2c1NCCCC2=O. The van der Waals surface area contributed by atoms with Crippen LogP contribution in [0.25, 0.3) is 0 Å². The predicted octanol–water partition coefficient (Wildman–Crippen LogP) is 3.40. The number of hydrogen-bond acceptors (Lipinski definition) is 2. The van der Waals surface area contributed by atoms with Gasteiger partial charge in [0, 0.05) is 28.7 Å². The van der Waals surface area contributed by atoms with Crippen LogP contribution >= 0.6 is 15.9 Å². The molecule has 0 amide bonds. The van der Waals surface area contributed by atoms with E-state index in [0.29, 0.717) is 6.42 Å². The van der Waals surface area contributed by atoms with Gasteiger partial charge >= 0.3 is 0 Å². The van der Waals surface area contributed by atoms with Crippen LogP contribution in [-0.4, -0.2) is 12.3 Å². The Morgan fingerprint density at radius 1 is 1.47 bits per heavy atom. The monoisotopic (exact) mass is 267 g/mol. The van der Waals surface area contributed by atoms with Crippen molar-refractivity contribution in [1.29, 1.82) is 0 Å². The molecule has 1 aliphatic heterocycles. The van der Waals surface area contributed by atoms with Gasteiger partial charge in [0.15, 0.2) is 5.78 Å². The third-order valence-electron chi connectivity index (χ3n) is 2.75. The molecule has 80 valence electrons. The summed E-state index contributed by atoms with van der Waals surface area (Å²) in [6.07, 6.45) is 2.52. The molecule has 2 nitrogen and oxygen atoms in total. The van der Waals surface area contributed by atoms with Crippen molar-refractivity contribution in [2.24, 2.45) is 0 Å². The summed E-state index contributed by atoms with van der Waals surface area (Å²) in [7, 11) is 0. The van der Waals surface area contributed by atoms with E-state index in [-0.39, 0.29) is 5.78 Å². The molecule has 3 heteroatoms. The van der Waals surface area contributed by atoms with Gasteiger partial charge in [-0.3, -0.25) is 4.79 Å². The summed E-state index contributed by atoms with van der Waals surface area (Å²) < 4.78 is 0.996. The van der Waals surface area contributed by atoms with Crippen molar-refractivity contribution in [3.8, 4) is 0 Å². The lowest BCUT2D eigenvalue weighted by Crippen LogP contribution is -2.04. The van der Waals surface area contributed by atoms with Gasteiger partial charge in [-0.15, -0.1) is 0 Å². The molecule has 1 aromatic rings. The highest BCUT2D eigenvalue weighted by atomic mass is 79.9. The number of halogens is 1. The van der Waals surface area contributed by atoms with Gasteiger partial charge in [0.2, 0.25) is 0 Å². The van der Waals surface area contributed by atoms with Crippen molar-refractivity contribution >= 4 is 27.4 Å². The molecule has 2 rings (SSSR count). The number of nitrogens with one attached hydrogen (secondary N) is 1. The fourth-order valence-electron chi connectivity index (χ4n) is 1.97. The molecule has 0 saturated carbocycles. The average Bonchev–Trinajstić information content (AvgIpc) is 2.40. The van der Waals surface area contributed by atoms with Crippen LogP contribution in [-0.2, 0) is 6.42 Å². The number of aryl methyl sites for hydroxylation is 1. The number of Topliss-reactive ketones (excluding diaryl/α,β-unsaturated/α-hetero) is 1. The Bertz CT molecular complexity index is 401. The summed E-state index contributed by atoms with van der Waals surface area (Å²) in [5, 5.41) is 3.36. The molecule has 0 unspecified atom stereocenters. The summed E-state index contributed by atoms with van der Waals surface area (Å²) in [5.41, 5.74) is 3.11. The van der Waals surface area contributed by atoms with E-state index in [2.05, 4.69) is 34.2 Å². The molecular formula is C12H14BrNO. The molecule has 0 saturated heterocycles. The predicted molar refractivity (Wildman–Crippen MR) is 65.6 cm³/mol. The first-order valence-corrected chi connectivity index (χ1v) is 6.11. The summed E-state index contributed by atoms with van der Waals surface area (Å²) in [6, 6.07) is 4.01. The lowest BCUT2D eigenvalue weighted by Gasteiger charge is -2.12. The van der Waals surface area contributed by atoms with Crippen molar-refractivity contribution in [3.05, 3.63) is 27.7 Å². The Kier molecular flexibility index (Phi) is 3.10. The molecule has 0 fully saturated rings. The number of ketones is 1. The highest BCUT2D eigenvalue weighted by Crippen LogP contribution is 2.29. The van der Waals surface area contributed by atoms with E-state index in [1.54, 1.807) is 0 Å². The van der Waals surface area contributed by atoms with Crippen LogP contribution in [0.1, 0.15) is 35.7 Å². The van der Waals surface area contributed by atoms with Gasteiger partial charge in [-0.2, -0.15) is 0 Å². The number of fused-ring (bicyclic) bond motifs is 1. The minimum absolute atomic E-state index is 0.256. The Hall–Kier alpha value is -0.830. The second kappa shape index (κ2) is 4.35. The largest absolute Gasteiger partial charge is 0.384 e. The Balaban J connectivity index is 2.58. The lowest BCUT2D eigenvalue weighted by atomic mass is 10.0. The first-order chi connectivity index (χ1) is 7.22. The van der Waals surface area contributed by atoms with Crippen LogP contribution in [0, 0.1) is 0 Å². The van der Waals surface area contributed by atoms with E-state index in [9.17, 15) is 4.79 Å². The van der Waals surface area contributed by atoms with Crippen molar-refractivity contribution in [2.75, 3.05) is 11.9 Å². The van der Waals surface area contributed by atoms with Crippen LogP contribution in [0.3, 0.4) is 0 Å². The minimum atomic E-state index is 0.256. The molecule has 1 N–H and O–H groups in total. The molecule has 15 heavy (non-hydrogen) atoms. The molecule has 1 aliphatic rings. The molecule has 0 aromatic heterocycles. The van der Waals surface area contributed by atoms with E-state index in [0.717, 1.165) is 35.1 Å². The van der Waals surface area contributed by atoms with E-state index in [1.807, 2.05) is 6.07 Å². The Morgan fingerprint density at radius 2 is 2.27 bits per heavy atom. The number of benzene rings is 1. The van der Waals surface area contributed by atoms with Crippen molar-refractivity contribution < 1.29 is 4.79 Å². The van der Waals surface area contributed by atoms with Crippen LogP contribution in [0.2, 0.25) is 0 Å². The minimum Gasteiger partial charge on any atom is -0.384 e. The molecule has 1 aromatic carbocycles.